The topological polar surface area (TPSA) is 128 Å². The molecule has 0 atom stereocenters. The van der Waals surface area contributed by atoms with Gasteiger partial charge in [0.1, 0.15) is 16.8 Å². The van der Waals surface area contributed by atoms with Gasteiger partial charge in [0, 0.05) is 17.7 Å². The second-order valence-electron chi connectivity index (χ2n) is 6.20. The fraction of sp³-hybridized carbons (Fsp3) is 0.235. The Balaban J connectivity index is 2.13. The SMILES string of the molecule is Cc1c(O)c2c(=O)n(C3CC3)nc(-c3cccc([N+](=O)[O-])c3)c2oc1=O. The van der Waals surface area contributed by atoms with Crippen LogP contribution in [-0.2, 0) is 0 Å². The highest BCUT2D eigenvalue weighted by atomic mass is 16.6. The molecule has 0 amide bonds. The molecule has 0 unspecified atom stereocenters. The molecule has 1 fully saturated rings. The summed E-state index contributed by atoms with van der Waals surface area (Å²) in [7, 11) is 0. The number of rotatable bonds is 3. The van der Waals surface area contributed by atoms with Crippen molar-refractivity contribution < 1.29 is 14.4 Å². The van der Waals surface area contributed by atoms with Crippen molar-refractivity contribution in [3.8, 4) is 17.0 Å². The van der Waals surface area contributed by atoms with Gasteiger partial charge in [-0.05, 0) is 19.8 Å². The lowest BCUT2D eigenvalue weighted by Crippen LogP contribution is -2.24. The summed E-state index contributed by atoms with van der Waals surface area (Å²) in [6.07, 6.45) is 1.53. The van der Waals surface area contributed by atoms with Gasteiger partial charge in [-0.2, -0.15) is 5.10 Å². The highest BCUT2D eigenvalue weighted by Crippen LogP contribution is 2.36. The summed E-state index contributed by atoms with van der Waals surface area (Å²) in [6, 6.07) is 5.53. The van der Waals surface area contributed by atoms with E-state index in [1.54, 1.807) is 6.07 Å². The molecule has 9 heteroatoms. The van der Waals surface area contributed by atoms with E-state index in [0.717, 1.165) is 12.8 Å². The number of aromatic hydroxyl groups is 1. The minimum absolute atomic E-state index is 0.0758. The third-order valence-corrected chi connectivity index (χ3v) is 4.39. The molecule has 2 heterocycles. The van der Waals surface area contributed by atoms with Crippen molar-refractivity contribution in [2.24, 2.45) is 0 Å². The molecule has 26 heavy (non-hydrogen) atoms. The minimum atomic E-state index is -0.799. The zero-order valence-electron chi connectivity index (χ0n) is 13.6. The van der Waals surface area contributed by atoms with E-state index in [-0.39, 0.29) is 34.0 Å². The molecular weight excluding hydrogens is 342 g/mol. The molecule has 0 saturated heterocycles. The van der Waals surface area contributed by atoms with Gasteiger partial charge in [0.2, 0.25) is 0 Å². The lowest BCUT2D eigenvalue weighted by molar-refractivity contribution is -0.384. The van der Waals surface area contributed by atoms with Crippen LogP contribution >= 0.6 is 0 Å². The molecule has 0 radical (unpaired) electrons. The lowest BCUT2D eigenvalue weighted by atomic mass is 10.1. The molecule has 3 aromatic rings. The summed E-state index contributed by atoms with van der Waals surface area (Å²) in [6.45, 7) is 1.36. The number of aromatic nitrogens is 2. The normalized spacial score (nSPS) is 13.9. The predicted molar refractivity (Wildman–Crippen MR) is 91.3 cm³/mol. The van der Waals surface area contributed by atoms with Crippen molar-refractivity contribution in [2.45, 2.75) is 25.8 Å². The maximum absolute atomic E-state index is 12.7. The van der Waals surface area contributed by atoms with Gasteiger partial charge in [0.25, 0.3) is 11.2 Å². The molecule has 0 bridgehead atoms. The summed E-state index contributed by atoms with van der Waals surface area (Å²) in [5, 5.41) is 25.5. The van der Waals surface area contributed by atoms with Gasteiger partial charge in [-0.1, -0.05) is 12.1 Å². The van der Waals surface area contributed by atoms with Gasteiger partial charge >= 0.3 is 5.63 Å². The Kier molecular flexibility index (Phi) is 3.39. The van der Waals surface area contributed by atoms with Gasteiger partial charge in [-0.15, -0.1) is 0 Å². The number of hydrogen-bond donors (Lipinski definition) is 1. The van der Waals surface area contributed by atoms with E-state index in [1.807, 2.05) is 0 Å². The number of benzene rings is 1. The minimum Gasteiger partial charge on any atom is -0.506 e. The molecule has 1 N–H and O–H groups in total. The largest absolute Gasteiger partial charge is 0.506 e. The van der Waals surface area contributed by atoms with E-state index >= 15 is 0 Å². The second-order valence-corrected chi connectivity index (χ2v) is 6.20. The third-order valence-electron chi connectivity index (χ3n) is 4.39. The van der Waals surface area contributed by atoms with Crippen LogP contribution in [0.3, 0.4) is 0 Å². The van der Waals surface area contributed by atoms with Gasteiger partial charge < -0.3 is 9.52 Å². The van der Waals surface area contributed by atoms with Crippen LogP contribution in [0, 0.1) is 17.0 Å². The number of nitro groups is 1. The summed E-state index contributed by atoms with van der Waals surface area (Å²) in [5.41, 5.74) is -1.37. The molecule has 4 rings (SSSR count). The first-order valence-corrected chi connectivity index (χ1v) is 7.92. The molecular formula is C17H13N3O6. The summed E-state index contributed by atoms with van der Waals surface area (Å²) in [4.78, 5) is 35.2. The monoisotopic (exact) mass is 355 g/mol. The molecule has 9 nitrogen and oxygen atoms in total. The first-order valence-electron chi connectivity index (χ1n) is 7.92. The summed E-state index contributed by atoms with van der Waals surface area (Å²) in [5.74, 6) is -0.454. The average molecular weight is 355 g/mol. The van der Waals surface area contributed by atoms with Crippen LogP contribution in [0.5, 0.6) is 5.75 Å². The molecule has 132 valence electrons. The molecule has 1 aromatic carbocycles. The molecule has 2 aromatic heterocycles. The van der Waals surface area contributed by atoms with Crippen molar-refractivity contribution >= 4 is 16.7 Å². The second kappa shape index (κ2) is 5.51. The first kappa shape index (κ1) is 16.0. The predicted octanol–water partition coefficient (Wildman–Crippen LogP) is 2.27. The van der Waals surface area contributed by atoms with E-state index in [0.29, 0.717) is 5.56 Å². The van der Waals surface area contributed by atoms with Crippen molar-refractivity contribution in [2.75, 3.05) is 0 Å². The van der Waals surface area contributed by atoms with Crippen LogP contribution in [-0.4, -0.2) is 19.8 Å². The molecule has 0 aliphatic heterocycles. The highest BCUT2D eigenvalue weighted by Gasteiger charge is 2.30. The van der Waals surface area contributed by atoms with Crippen LogP contribution in [0.25, 0.3) is 22.2 Å². The maximum Gasteiger partial charge on any atom is 0.343 e. The van der Waals surface area contributed by atoms with Crippen molar-refractivity contribution in [3.63, 3.8) is 0 Å². The Bertz CT molecular complexity index is 1190. The number of non-ortho nitro benzene ring substituents is 1. The van der Waals surface area contributed by atoms with E-state index in [2.05, 4.69) is 5.10 Å². The van der Waals surface area contributed by atoms with Crippen molar-refractivity contribution in [1.29, 1.82) is 0 Å². The Labute approximate surface area is 145 Å². The molecule has 0 spiro atoms. The zero-order valence-corrected chi connectivity index (χ0v) is 13.6. The Morgan fingerprint density at radius 1 is 1.35 bits per heavy atom. The number of nitrogens with zero attached hydrogens (tertiary/aromatic N) is 3. The van der Waals surface area contributed by atoms with Crippen molar-refractivity contribution in [1.82, 2.24) is 9.78 Å². The van der Waals surface area contributed by atoms with Crippen LogP contribution in [0.4, 0.5) is 5.69 Å². The van der Waals surface area contributed by atoms with Crippen molar-refractivity contribution in [3.05, 3.63) is 60.7 Å². The lowest BCUT2D eigenvalue weighted by Gasteiger charge is -2.11. The molecule has 1 aliphatic carbocycles. The fourth-order valence-corrected chi connectivity index (χ4v) is 2.81. The van der Waals surface area contributed by atoms with E-state index in [9.17, 15) is 24.8 Å². The van der Waals surface area contributed by atoms with E-state index < -0.39 is 21.9 Å². The summed E-state index contributed by atoms with van der Waals surface area (Å²) < 4.78 is 6.48. The Morgan fingerprint density at radius 2 is 2.08 bits per heavy atom. The van der Waals surface area contributed by atoms with Crippen LogP contribution in [0.1, 0.15) is 24.4 Å². The van der Waals surface area contributed by atoms with Gasteiger partial charge in [0.05, 0.1) is 16.5 Å². The van der Waals surface area contributed by atoms with Gasteiger partial charge in [-0.3, -0.25) is 14.9 Å². The molecule has 1 aliphatic rings. The summed E-state index contributed by atoms with van der Waals surface area (Å²) >= 11 is 0. The first-order chi connectivity index (χ1) is 12.4. The Hall–Kier alpha value is -3.49. The van der Waals surface area contributed by atoms with Crippen LogP contribution in [0.15, 0.2) is 38.3 Å². The number of nitro benzene ring substituents is 1. The quantitative estimate of drug-likeness (QED) is 0.563. The molecule has 1 saturated carbocycles. The van der Waals surface area contributed by atoms with Crippen LogP contribution < -0.4 is 11.2 Å². The maximum atomic E-state index is 12.7. The van der Waals surface area contributed by atoms with Gasteiger partial charge in [-0.25, -0.2) is 9.48 Å². The number of hydrogen-bond acceptors (Lipinski definition) is 7. The van der Waals surface area contributed by atoms with Gasteiger partial charge in [0.15, 0.2) is 5.58 Å². The average Bonchev–Trinajstić information content (AvgIpc) is 3.45. The number of fused-ring (bicyclic) bond motifs is 1. The third kappa shape index (κ3) is 2.36. The fourth-order valence-electron chi connectivity index (χ4n) is 2.81. The Morgan fingerprint density at radius 3 is 2.73 bits per heavy atom. The van der Waals surface area contributed by atoms with E-state index in [1.165, 1.54) is 29.8 Å². The van der Waals surface area contributed by atoms with Crippen LogP contribution in [0.2, 0.25) is 0 Å². The smallest absolute Gasteiger partial charge is 0.343 e. The standard InChI is InChI=1S/C17H13N3O6/c1-8-14(21)12-15(26-17(8)23)13(18-19(16(12)22)10-5-6-10)9-3-2-4-11(7-9)20(24)25/h2-4,7,10,21H,5-6H2,1H3. The van der Waals surface area contributed by atoms with E-state index in [4.69, 9.17) is 4.42 Å². The highest BCUT2D eigenvalue weighted by molar-refractivity contribution is 5.93. The zero-order chi connectivity index (χ0) is 18.6.